The first-order valence-corrected chi connectivity index (χ1v) is 10.8. The van der Waals surface area contributed by atoms with Crippen molar-refractivity contribution in [2.75, 3.05) is 26.7 Å². The molecule has 0 spiro atoms. The molecular formula is C24H23N5O4. The molecule has 3 aliphatic heterocycles. The largest absolute Gasteiger partial charge is 0.497 e. The van der Waals surface area contributed by atoms with Crippen LogP contribution in [0.1, 0.15) is 28.8 Å². The summed E-state index contributed by atoms with van der Waals surface area (Å²) in [5.74, 6) is 6.77. The lowest BCUT2D eigenvalue weighted by Gasteiger charge is -2.26. The molecule has 0 bridgehead atoms. The van der Waals surface area contributed by atoms with Crippen LogP contribution in [0.4, 0.5) is 4.79 Å². The number of rotatable bonds is 4. The van der Waals surface area contributed by atoms with E-state index in [1.807, 2.05) is 18.2 Å². The first kappa shape index (κ1) is 20.8. The molecule has 1 fully saturated rings. The van der Waals surface area contributed by atoms with Crippen LogP contribution in [0.2, 0.25) is 0 Å². The van der Waals surface area contributed by atoms with Crippen LogP contribution < -0.4 is 20.7 Å². The zero-order chi connectivity index (χ0) is 23.0. The van der Waals surface area contributed by atoms with Gasteiger partial charge in [0.1, 0.15) is 11.6 Å². The van der Waals surface area contributed by atoms with E-state index in [4.69, 9.17) is 4.74 Å². The number of urea groups is 1. The minimum absolute atomic E-state index is 0.0531. The molecule has 4 aliphatic rings. The lowest BCUT2D eigenvalue weighted by Crippen LogP contribution is -2.54. The summed E-state index contributed by atoms with van der Waals surface area (Å²) >= 11 is 0. The number of ether oxygens (including phenoxy) is 1. The Kier molecular flexibility index (Phi) is 5.13. The summed E-state index contributed by atoms with van der Waals surface area (Å²) in [6.45, 7) is 1.91. The zero-order valence-corrected chi connectivity index (χ0v) is 18.2. The molecule has 1 aromatic carbocycles. The predicted octanol–water partition coefficient (Wildman–Crippen LogP) is 0.881. The number of nitrogens with zero attached hydrogens (tertiary/aromatic N) is 2. The Morgan fingerprint density at radius 3 is 2.76 bits per heavy atom. The predicted molar refractivity (Wildman–Crippen MR) is 121 cm³/mol. The number of carbonyl (C=O) groups excluding carboxylic acids is 3. The van der Waals surface area contributed by atoms with Crippen molar-refractivity contribution in [1.29, 1.82) is 0 Å². The van der Waals surface area contributed by atoms with Crippen LogP contribution in [-0.4, -0.2) is 60.9 Å². The van der Waals surface area contributed by atoms with Crippen molar-refractivity contribution >= 4 is 23.7 Å². The molecule has 1 aliphatic carbocycles. The van der Waals surface area contributed by atoms with E-state index in [-0.39, 0.29) is 12.5 Å². The summed E-state index contributed by atoms with van der Waals surface area (Å²) in [4.78, 5) is 43.7. The minimum atomic E-state index is -1.51. The van der Waals surface area contributed by atoms with E-state index in [9.17, 15) is 14.4 Å². The van der Waals surface area contributed by atoms with Crippen molar-refractivity contribution in [2.24, 2.45) is 4.99 Å². The highest BCUT2D eigenvalue weighted by atomic mass is 16.5. The quantitative estimate of drug-likeness (QED) is 0.471. The summed E-state index contributed by atoms with van der Waals surface area (Å²) in [6.07, 6.45) is 5.40. The van der Waals surface area contributed by atoms with Gasteiger partial charge in [-0.25, -0.2) is 4.79 Å². The van der Waals surface area contributed by atoms with E-state index in [0.29, 0.717) is 24.3 Å². The van der Waals surface area contributed by atoms with Gasteiger partial charge in [-0.2, -0.15) is 0 Å². The molecule has 0 saturated carbocycles. The van der Waals surface area contributed by atoms with E-state index in [0.717, 1.165) is 42.1 Å². The Bertz CT molecular complexity index is 1220. The van der Waals surface area contributed by atoms with Gasteiger partial charge in [-0.05, 0) is 36.1 Å². The average Bonchev–Trinajstić information content (AvgIpc) is 3.52. The Balaban J connectivity index is 1.39. The number of amides is 4. The molecule has 1 saturated heterocycles. The van der Waals surface area contributed by atoms with E-state index < -0.39 is 17.5 Å². The summed E-state index contributed by atoms with van der Waals surface area (Å²) in [6, 6.07) is 4.69. The maximum absolute atomic E-state index is 13.0. The second kappa shape index (κ2) is 8.13. The van der Waals surface area contributed by atoms with Crippen LogP contribution >= 0.6 is 0 Å². The van der Waals surface area contributed by atoms with Crippen molar-refractivity contribution < 1.29 is 19.1 Å². The Labute approximate surface area is 190 Å². The lowest BCUT2D eigenvalue weighted by atomic mass is 9.95. The van der Waals surface area contributed by atoms with Crippen molar-refractivity contribution in [2.45, 2.75) is 24.9 Å². The lowest BCUT2D eigenvalue weighted by molar-refractivity contribution is -0.122. The van der Waals surface area contributed by atoms with Crippen molar-refractivity contribution in [3.05, 3.63) is 52.6 Å². The molecule has 33 heavy (non-hydrogen) atoms. The molecule has 0 aromatic heterocycles. The van der Waals surface area contributed by atoms with Crippen LogP contribution in [0.3, 0.4) is 0 Å². The highest BCUT2D eigenvalue weighted by Crippen LogP contribution is 2.28. The SMILES string of the molecule is COc1ccc2c(c1)C(=O)N(CC1(C#CC3=CC=C(C4=NCCN4)CC3)NC(=O)NC1=O)C2. The molecule has 9 heteroatoms. The van der Waals surface area contributed by atoms with Crippen LogP contribution in [0.25, 0.3) is 0 Å². The van der Waals surface area contributed by atoms with Crippen LogP contribution in [0.15, 0.2) is 46.5 Å². The molecule has 9 nitrogen and oxygen atoms in total. The van der Waals surface area contributed by atoms with Gasteiger partial charge in [0.15, 0.2) is 0 Å². The number of aliphatic imine (C=N–C) groups is 1. The summed E-state index contributed by atoms with van der Waals surface area (Å²) in [7, 11) is 1.54. The van der Waals surface area contributed by atoms with Crippen molar-refractivity contribution in [1.82, 2.24) is 20.9 Å². The topological polar surface area (TPSA) is 112 Å². The van der Waals surface area contributed by atoms with Crippen molar-refractivity contribution in [3.63, 3.8) is 0 Å². The van der Waals surface area contributed by atoms with Gasteiger partial charge >= 0.3 is 6.03 Å². The standard InChI is InChI=1S/C24H23N5O4/c1-33-18-7-6-17-13-29(21(30)19(17)12-18)14-24(22(31)27-23(32)28-24)9-8-15-2-4-16(5-3-15)20-25-10-11-26-20/h2,4,6-7,12H,3,5,10-11,13-14H2,1H3,(H,25,26)(H2,27,28,31,32). The highest BCUT2D eigenvalue weighted by molar-refractivity contribution is 6.10. The summed E-state index contributed by atoms with van der Waals surface area (Å²) < 4.78 is 5.22. The normalized spacial score (nSPS) is 23.5. The van der Waals surface area contributed by atoms with Gasteiger partial charge in [0, 0.05) is 24.2 Å². The third-order valence-electron chi connectivity index (χ3n) is 6.13. The van der Waals surface area contributed by atoms with Gasteiger partial charge in [0.2, 0.25) is 5.54 Å². The molecule has 1 unspecified atom stereocenters. The molecule has 0 radical (unpaired) electrons. The van der Waals surface area contributed by atoms with Gasteiger partial charge in [-0.3, -0.25) is 19.9 Å². The molecule has 5 rings (SSSR count). The number of benzene rings is 1. The van der Waals surface area contributed by atoms with Gasteiger partial charge in [-0.1, -0.05) is 30.1 Å². The number of hydrogen-bond donors (Lipinski definition) is 3. The number of methoxy groups -OCH3 is 1. The van der Waals surface area contributed by atoms with Crippen LogP contribution in [0.5, 0.6) is 5.75 Å². The Hall–Kier alpha value is -4.06. The molecule has 1 atom stereocenters. The van der Waals surface area contributed by atoms with Crippen LogP contribution in [0, 0.1) is 11.8 Å². The molecular weight excluding hydrogens is 422 g/mol. The third-order valence-corrected chi connectivity index (χ3v) is 6.13. The van der Waals surface area contributed by atoms with E-state index in [2.05, 4.69) is 32.8 Å². The zero-order valence-electron chi connectivity index (χ0n) is 18.2. The number of fused-ring (bicyclic) bond motifs is 1. The van der Waals surface area contributed by atoms with Gasteiger partial charge in [-0.15, -0.1) is 0 Å². The minimum Gasteiger partial charge on any atom is -0.497 e. The van der Waals surface area contributed by atoms with E-state index in [1.54, 1.807) is 12.1 Å². The van der Waals surface area contributed by atoms with E-state index in [1.165, 1.54) is 12.0 Å². The molecule has 3 N–H and O–H groups in total. The fourth-order valence-corrected chi connectivity index (χ4v) is 4.35. The molecule has 1 aromatic rings. The second-order valence-corrected chi connectivity index (χ2v) is 8.29. The van der Waals surface area contributed by atoms with E-state index >= 15 is 0 Å². The maximum Gasteiger partial charge on any atom is 0.323 e. The van der Waals surface area contributed by atoms with Gasteiger partial charge in [0.25, 0.3) is 11.8 Å². The molecule has 168 valence electrons. The van der Waals surface area contributed by atoms with Crippen LogP contribution in [-0.2, 0) is 11.3 Å². The van der Waals surface area contributed by atoms with Gasteiger partial charge < -0.3 is 20.3 Å². The average molecular weight is 445 g/mol. The fraction of sp³-hybridized carbons (Fsp3) is 0.333. The highest BCUT2D eigenvalue weighted by Gasteiger charge is 2.48. The molecule has 3 heterocycles. The maximum atomic E-state index is 13.0. The number of amidine groups is 1. The fourth-order valence-electron chi connectivity index (χ4n) is 4.35. The second-order valence-electron chi connectivity index (χ2n) is 8.29. The van der Waals surface area contributed by atoms with Crippen molar-refractivity contribution in [3.8, 4) is 17.6 Å². The third kappa shape index (κ3) is 3.84. The van der Waals surface area contributed by atoms with Gasteiger partial charge in [0.05, 0.1) is 20.2 Å². The number of hydrogen-bond acceptors (Lipinski definition) is 6. The first-order chi connectivity index (χ1) is 16.0. The number of allylic oxidation sites excluding steroid dienone is 3. The number of carbonyl (C=O) groups is 3. The number of nitrogens with one attached hydrogen (secondary N) is 3. The number of imide groups is 1. The summed E-state index contributed by atoms with van der Waals surface area (Å²) in [5, 5.41) is 8.17. The summed E-state index contributed by atoms with van der Waals surface area (Å²) in [5.41, 5.74) is 1.84. The smallest absolute Gasteiger partial charge is 0.323 e. The first-order valence-electron chi connectivity index (χ1n) is 10.8. The molecule has 4 amide bonds. The Morgan fingerprint density at radius 2 is 2.09 bits per heavy atom. The Morgan fingerprint density at radius 1 is 1.21 bits per heavy atom. The monoisotopic (exact) mass is 445 g/mol.